The van der Waals surface area contributed by atoms with E-state index in [1.165, 1.54) is 0 Å². The molecule has 1 heterocycles. The van der Waals surface area contributed by atoms with Gasteiger partial charge in [0, 0.05) is 37.7 Å². The Bertz CT molecular complexity index is 2890. The number of guanidine groups is 1. The quantitative estimate of drug-likeness (QED) is 0.0162. The number of aliphatic imine (C=N–C) groups is 1. The monoisotopic (exact) mass is 1110 g/mol. The Hall–Kier alpha value is -6.92. The number of amides is 4. The molecular formula is C60H82N8O8S2. The molecule has 16 nitrogen and oxygen atoms in total. The average molecular weight is 1110 g/mol. The highest BCUT2D eigenvalue weighted by Crippen LogP contribution is 2.45. The van der Waals surface area contributed by atoms with Gasteiger partial charge in [0.05, 0.1) is 12.8 Å². The molecule has 0 aliphatic heterocycles. The minimum absolute atomic E-state index is 0. The molecule has 422 valence electrons. The highest BCUT2D eigenvalue weighted by Gasteiger charge is 2.30. The van der Waals surface area contributed by atoms with E-state index in [2.05, 4.69) is 62.5 Å². The number of carbonyl (C=O) groups is 4. The van der Waals surface area contributed by atoms with Gasteiger partial charge in [-0.25, -0.2) is 9.78 Å². The third-order valence-electron chi connectivity index (χ3n) is 12.5. The number of nitrogens with one attached hydrogen (secondary N) is 5. The van der Waals surface area contributed by atoms with E-state index < -0.39 is 54.1 Å². The van der Waals surface area contributed by atoms with Gasteiger partial charge in [-0.1, -0.05) is 119 Å². The number of unbranched alkanes of at least 4 members (excludes halogenated alkanes) is 1. The third kappa shape index (κ3) is 19.8. The molecule has 6 aromatic rings. The van der Waals surface area contributed by atoms with Crippen LogP contribution in [-0.4, -0.2) is 85.8 Å². The van der Waals surface area contributed by atoms with Gasteiger partial charge in [0.2, 0.25) is 17.7 Å². The van der Waals surface area contributed by atoms with Gasteiger partial charge in [-0.3, -0.25) is 19.4 Å². The molecule has 0 unspecified atom stereocenters. The summed E-state index contributed by atoms with van der Waals surface area (Å²) >= 11 is 0. The highest BCUT2D eigenvalue weighted by atomic mass is 32.1. The lowest BCUT2D eigenvalue weighted by Gasteiger charge is -2.26. The second kappa shape index (κ2) is 31.5. The Labute approximate surface area is 474 Å². The van der Waals surface area contributed by atoms with Crippen LogP contribution < -0.4 is 41.8 Å². The van der Waals surface area contributed by atoms with Crippen LogP contribution in [0.3, 0.4) is 0 Å². The van der Waals surface area contributed by atoms with E-state index in [9.17, 15) is 19.2 Å². The first kappa shape index (κ1) is 63.6. The van der Waals surface area contributed by atoms with Crippen LogP contribution in [0.5, 0.6) is 11.5 Å². The number of alkyl carbamates (subject to hydrolysis) is 1. The van der Waals surface area contributed by atoms with Crippen LogP contribution in [0.2, 0.25) is 0 Å². The van der Waals surface area contributed by atoms with Crippen molar-refractivity contribution < 1.29 is 37.8 Å². The van der Waals surface area contributed by atoms with E-state index in [-0.39, 0.29) is 58.3 Å². The Morgan fingerprint density at radius 2 is 1.24 bits per heavy atom. The topological polar surface area (TPSA) is 221 Å². The largest absolute Gasteiger partial charge is 0.493 e. The summed E-state index contributed by atoms with van der Waals surface area (Å²) in [6, 6.07) is 31.1. The molecule has 0 saturated heterocycles. The summed E-state index contributed by atoms with van der Waals surface area (Å²) in [7, 11) is 1.57. The Morgan fingerprint density at radius 1 is 0.667 bits per heavy atom. The summed E-state index contributed by atoms with van der Waals surface area (Å²) in [5, 5.41) is 18.7. The van der Waals surface area contributed by atoms with Gasteiger partial charge in [0.25, 0.3) is 5.91 Å². The second-order valence-corrected chi connectivity index (χ2v) is 20.9. The standard InChI is InChI=1S/C60H78N8O8.2H2S/c1-39(2)31-34-73-50-29-27-42-21-12-14-23-45(42)53(50)54-46-24-15-13-22-43(46)28-30-51(54)74-38-52(69)66-47(25-16-17-32-64-59(72)76-60(5,6)7)55(70)67-48(26-18-33-63-58(61)62-8)56(71)68-49(35-40(3)4)57-65-37-44(75-57)36-41-19-10-9-11-20-41;;/h9-15,19-24,27-30,37,39-40,47-49H,16-18,25-26,31-36,38H2,1-8H3,(H,64,72)(H,66,69)(H,67,70)(H,68,71)(H3,61,62,63);2*1H2/t47-,48-,49+;;/m1../s1. The molecule has 78 heavy (non-hydrogen) atoms. The third-order valence-corrected chi connectivity index (χ3v) is 12.5. The van der Waals surface area contributed by atoms with Crippen molar-refractivity contribution in [2.75, 3.05) is 33.4 Å². The van der Waals surface area contributed by atoms with Crippen molar-refractivity contribution in [1.82, 2.24) is 31.6 Å². The van der Waals surface area contributed by atoms with Crippen LogP contribution in [0.25, 0.3) is 32.7 Å². The predicted molar refractivity (Wildman–Crippen MR) is 321 cm³/mol. The van der Waals surface area contributed by atoms with Crippen LogP contribution in [0.4, 0.5) is 4.79 Å². The lowest BCUT2D eigenvalue weighted by Crippen LogP contribution is -2.54. The summed E-state index contributed by atoms with van der Waals surface area (Å²) in [4.78, 5) is 64.4. The zero-order valence-corrected chi connectivity index (χ0v) is 48.5. The van der Waals surface area contributed by atoms with E-state index in [1.54, 1.807) is 34.0 Å². The minimum atomic E-state index is -1.09. The van der Waals surface area contributed by atoms with Gasteiger partial charge >= 0.3 is 6.09 Å². The number of nitrogens with two attached hydrogens (primary N) is 1. The van der Waals surface area contributed by atoms with Crippen LogP contribution in [0.15, 0.2) is 119 Å². The maximum absolute atomic E-state index is 14.6. The first-order chi connectivity index (χ1) is 36.5. The number of aromatic nitrogens is 1. The molecule has 1 aromatic heterocycles. The molecule has 18 heteroatoms. The first-order valence-electron chi connectivity index (χ1n) is 26.6. The molecular weight excluding hydrogens is 1020 g/mol. The number of hydrogen-bond donors (Lipinski definition) is 6. The van der Waals surface area contributed by atoms with Gasteiger partial charge in [-0.05, 0) is 117 Å². The molecule has 0 aliphatic carbocycles. The molecule has 0 saturated carbocycles. The van der Waals surface area contributed by atoms with Crippen LogP contribution >= 0.6 is 27.0 Å². The van der Waals surface area contributed by atoms with E-state index >= 15 is 0 Å². The Balaban J connectivity index is 0.00000656. The number of fused-ring (bicyclic) bond motifs is 2. The number of ether oxygens (including phenoxy) is 3. The molecule has 0 radical (unpaired) electrons. The van der Waals surface area contributed by atoms with Gasteiger partial charge in [0.1, 0.15) is 41.0 Å². The van der Waals surface area contributed by atoms with Crippen molar-refractivity contribution >= 4 is 78.3 Å². The van der Waals surface area contributed by atoms with Crippen molar-refractivity contribution in [3.63, 3.8) is 0 Å². The number of benzene rings is 5. The molecule has 0 bridgehead atoms. The lowest BCUT2D eigenvalue weighted by molar-refractivity contribution is -0.133. The number of carbonyl (C=O) groups excluding carboxylic acids is 4. The van der Waals surface area contributed by atoms with Gasteiger partial charge in [0.15, 0.2) is 12.6 Å². The molecule has 5 aromatic carbocycles. The maximum atomic E-state index is 14.6. The molecule has 0 spiro atoms. The Morgan fingerprint density at radius 3 is 1.86 bits per heavy atom. The van der Waals surface area contributed by atoms with Gasteiger partial charge < -0.3 is 50.9 Å². The Kier molecular flexibility index (Phi) is 25.7. The van der Waals surface area contributed by atoms with Crippen molar-refractivity contribution in [1.29, 1.82) is 0 Å². The molecule has 4 amide bonds. The van der Waals surface area contributed by atoms with Gasteiger partial charge in [-0.15, -0.1) is 0 Å². The van der Waals surface area contributed by atoms with Crippen molar-refractivity contribution in [2.45, 2.75) is 124 Å². The van der Waals surface area contributed by atoms with Crippen LogP contribution in [0.1, 0.15) is 117 Å². The fraction of sp³-hybridized carbons (Fsp3) is 0.433. The zero-order chi connectivity index (χ0) is 54.6. The zero-order valence-electron chi connectivity index (χ0n) is 46.5. The smallest absolute Gasteiger partial charge is 0.407 e. The van der Waals surface area contributed by atoms with Crippen molar-refractivity contribution in [3.8, 4) is 22.6 Å². The van der Waals surface area contributed by atoms with E-state index in [1.807, 2.05) is 105 Å². The molecule has 7 N–H and O–H groups in total. The van der Waals surface area contributed by atoms with E-state index in [0.717, 1.165) is 44.7 Å². The fourth-order valence-corrected chi connectivity index (χ4v) is 8.76. The predicted octanol–water partition coefficient (Wildman–Crippen LogP) is 10.2. The number of nitrogens with zero attached hydrogens (tertiary/aromatic N) is 2. The summed E-state index contributed by atoms with van der Waals surface area (Å²) in [6.45, 7) is 14.5. The van der Waals surface area contributed by atoms with Crippen molar-refractivity contribution in [2.24, 2.45) is 22.6 Å². The number of rotatable bonds is 27. The van der Waals surface area contributed by atoms with E-state index in [0.29, 0.717) is 74.3 Å². The van der Waals surface area contributed by atoms with Crippen LogP contribution in [-0.2, 0) is 25.5 Å². The normalized spacial score (nSPS) is 12.7. The summed E-state index contributed by atoms with van der Waals surface area (Å²) in [5.41, 5.74) is 7.93. The second-order valence-electron chi connectivity index (χ2n) is 20.9. The fourth-order valence-electron chi connectivity index (χ4n) is 8.76. The van der Waals surface area contributed by atoms with Crippen molar-refractivity contribution in [3.05, 3.63) is 127 Å². The maximum Gasteiger partial charge on any atom is 0.407 e. The lowest BCUT2D eigenvalue weighted by atomic mass is 9.92. The molecule has 3 atom stereocenters. The number of oxazole rings is 1. The SMILES string of the molecule is CN=C(N)NCCC[C@@H](NC(=O)[C@@H](CCCCNC(=O)OC(C)(C)C)NC(=O)COc1ccc2ccccc2c1-c1c(OCCC(C)C)ccc2ccccc12)C(=O)N[C@@H](CC(C)C)c1ncc(Cc2ccccc2)o1.S.S. The first-order valence-corrected chi connectivity index (χ1v) is 26.6. The van der Waals surface area contributed by atoms with Gasteiger partial charge in [-0.2, -0.15) is 27.0 Å². The average Bonchev–Trinajstić information content (AvgIpc) is 3.94. The minimum Gasteiger partial charge on any atom is -0.493 e. The van der Waals surface area contributed by atoms with Crippen LogP contribution in [0, 0.1) is 11.8 Å². The van der Waals surface area contributed by atoms with E-state index in [4.69, 9.17) is 24.4 Å². The summed E-state index contributed by atoms with van der Waals surface area (Å²) in [5.74, 6) is 1.44. The summed E-state index contributed by atoms with van der Waals surface area (Å²) in [6.07, 6.45) is 4.76. The highest BCUT2D eigenvalue weighted by molar-refractivity contribution is 7.59. The summed E-state index contributed by atoms with van der Waals surface area (Å²) < 4.78 is 24.7. The molecule has 0 fully saturated rings. The molecule has 6 rings (SSSR count). The number of hydrogen-bond acceptors (Lipinski definition) is 10. The molecule has 0 aliphatic rings.